The van der Waals surface area contributed by atoms with Crippen molar-refractivity contribution >= 4 is 23.3 Å². The molecule has 1 amide bonds. The van der Waals surface area contributed by atoms with Gasteiger partial charge >= 0.3 is 0 Å². The number of likely N-dealkylation sites (tertiary alicyclic amines) is 1. The summed E-state index contributed by atoms with van der Waals surface area (Å²) in [5.74, 6) is 0.664. The third-order valence-corrected chi connectivity index (χ3v) is 5.57. The van der Waals surface area contributed by atoms with Crippen molar-refractivity contribution in [2.24, 2.45) is 0 Å². The maximum atomic E-state index is 12.9. The molecule has 3 aromatic rings. The van der Waals surface area contributed by atoms with Crippen LogP contribution >= 0.6 is 11.6 Å². The molecule has 1 aliphatic rings. The Bertz CT molecular complexity index is 989. The van der Waals surface area contributed by atoms with E-state index in [1.165, 1.54) is 0 Å². The van der Waals surface area contributed by atoms with Crippen molar-refractivity contribution in [3.8, 4) is 11.1 Å². The molecule has 6 heteroatoms. The van der Waals surface area contributed by atoms with Crippen molar-refractivity contribution in [1.82, 2.24) is 14.9 Å². The Balaban J connectivity index is 1.43. The molecule has 2 N–H and O–H groups in total. The van der Waals surface area contributed by atoms with Crippen molar-refractivity contribution in [1.29, 1.82) is 0 Å². The lowest BCUT2D eigenvalue weighted by Crippen LogP contribution is -2.31. The van der Waals surface area contributed by atoms with Gasteiger partial charge in [-0.25, -0.2) is 4.98 Å². The van der Waals surface area contributed by atoms with Gasteiger partial charge in [0, 0.05) is 41.5 Å². The fourth-order valence-corrected chi connectivity index (χ4v) is 4.02. The average molecular weight is 407 g/mol. The second-order valence-electron chi connectivity index (χ2n) is 7.32. The van der Waals surface area contributed by atoms with Crippen molar-refractivity contribution in [2.75, 3.05) is 12.3 Å². The Labute approximate surface area is 175 Å². The van der Waals surface area contributed by atoms with E-state index in [9.17, 15) is 4.79 Å². The largest absolute Gasteiger partial charge is 0.384 e. The Morgan fingerprint density at radius 3 is 2.59 bits per heavy atom. The van der Waals surface area contributed by atoms with Crippen LogP contribution in [-0.4, -0.2) is 27.3 Å². The number of nitrogens with two attached hydrogens (primary N) is 1. The van der Waals surface area contributed by atoms with E-state index in [4.69, 9.17) is 17.3 Å². The van der Waals surface area contributed by atoms with Gasteiger partial charge < -0.3 is 10.6 Å². The summed E-state index contributed by atoms with van der Waals surface area (Å²) in [6.07, 6.45) is 6.70. The SMILES string of the molecule is Nc1ccc(-c2ccc([C@@H]3CCCN3C(=O)CCc3cccc(Cl)c3)nc2)cn1. The molecule has 0 spiro atoms. The predicted molar refractivity (Wildman–Crippen MR) is 115 cm³/mol. The summed E-state index contributed by atoms with van der Waals surface area (Å²) >= 11 is 6.04. The highest BCUT2D eigenvalue weighted by molar-refractivity contribution is 6.30. The molecule has 5 nitrogen and oxygen atoms in total. The molecule has 0 radical (unpaired) electrons. The quantitative estimate of drug-likeness (QED) is 0.667. The van der Waals surface area contributed by atoms with Gasteiger partial charge in [-0.1, -0.05) is 29.8 Å². The summed E-state index contributed by atoms with van der Waals surface area (Å²) in [5, 5.41) is 0.703. The highest BCUT2D eigenvalue weighted by atomic mass is 35.5. The zero-order chi connectivity index (χ0) is 20.2. The van der Waals surface area contributed by atoms with Crippen molar-refractivity contribution in [3.63, 3.8) is 0 Å². The third kappa shape index (κ3) is 4.57. The van der Waals surface area contributed by atoms with Crippen LogP contribution in [-0.2, 0) is 11.2 Å². The fourth-order valence-electron chi connectivity index (χ4n) is 3.81. The lowest BCUT2D eigenvalue weighted by molar-refractivity contribution is -0.132. The molecular weight excluding hydrogens is 384 g/mol. The molecule has 1 atom stereocenters. The highest BCUT2D eigenvalue weighted by Crippen LogP contribution is 2.32. The van der Waals surface area contributed by atoms with Crippen LogP contribution in [0, 0.1) is 0 Å². The number of aryl methyl sites for hydroxylation is 1. The molecule has 0 saturated carbocycles. The van der Waals surface area contributed by atoms with Gasteiger partial charge in [0.2, 0.25) is 5.91 Å². The van der Waals surface area contributed by atoms with Crippen LogP contribution in [0.5, 0.6) is 0 Å². The second-order valence-corrected chi connectivity index (χ2v) is 7.75. The van der Waals surface area contributed by atoms with E-state index in [1.807, 2.05) is 53.6 Å². The van der Waals surface area contributed by atoms with Crippen LogP contribution in [0.4, 0.5) is 5.82 Å². The molecule has 4 rings (SSSR count). The first-order chi connectivity index (χ1) is 14.1. The van der Waals surface area contributed by atoms with Crippen LogP contribution in [0.2, 0.25) is 5.02 Å². The molecule has 1 saturated heterocycles. The lowest BCUT2D eigenvalue weighted by atomic mass is 10.1. The fraction of sp³-hybridized carbons (Fsp3) is 0.261. The van der Waals surface area contributed by atoms with Crippen molar-refractivity contribution in [2.45, 2.75) is 31.7 Å². The molecule has 29 heavy (non-hydrogen) atoms. The van der Waals surface area contributed by atoms with Gasteiger partial charge in [-0.3, -0.25) is 9.78 Å². The summed E-state index contributed by atoms with van der Waals surface area (Å²) in [6.45, 7) is 0.782. The molecule has 148 valence electrons. The minimum atomic E-state index is 0.0421. The average Bonchev–Trinajstić information content (AvgIpc) is 3.23. The van der Waals surface area contributed by atoms with Gasteiger partial charge in [0.15, 0.2) is 0 Å². The minimum Gasteiger partial charge on any atom is -0.384 e. The van der Waals surface area contributed by atoms with E-state index in [1.54, 1.807) is 12.3 Å². The second kappa shape index (κ2) is 8.62. The number of amides is 1. The number of anilines is 1. The first kappa shape index (κ1) is 19.4. The summed E-state index contributed by atoms with van der Waals surface area (Å²) in [7, 11) is 0. The van der Waals surface area contributed by atoms with E-state index >= 15 is 0 Å². The summed E-state index contributed by atoms with van der Waals surface area (Å²) in [4.78, 5) is 23.6. The normalized spacial score (nSPS) is 16.2. The predicted octanol–water partition coefficient (Wildman–Crippen LogP) is 4.68. The number of hydrogen-bond acceptors (Lipinski definition) is 4. The number of hydrogen-bond donors (Lipinski definition) is 1. The van der Waals surface area contributed by atoms with Crippen LogP contribution in [0.25, 0.3) is 11.1 Å². The van der Waals surface area contributed by atoms with E-state index in [2.05, 4.69) is 9.97 Å². The summed E-state index contributed by atoms with van der Waals surface area (Å²) < 4.78 is 0. The zero-order valence-corrected chi connectivity index (χ0v) is 16.8. The smallest absolute Gasteiger partial charge is 0.223 e. The Morgan fingerprint density at radius 1 is 1.10 bits per heavy atom. The van der Waals surface area contributed by atoms with Crippen molar-refractivity contribution in [3.05, 3.63) is 77.2 Å². The van der Waals surface area contributed by atoms with Crippen molar-refractivity contribution < 1.29 is 4.79 Å². The first-order valence-electron chi connectivity index (χ1n) is 9.82. The number of pyridine rings is 2. The number of nitrogens with zero attached hydrogens (tertiary/aromatic N) is 3. The molecule has 0 bridgehead atoms. The van der Waals surface area contributed by atoms with Gasteiger partial charge in [-0.15, -0.1) is 0 Å². The van der Waals surface area contributed by atoms with Gasteiger partial charge in [-0.05, 0) is 55.2 Å². The third-order valence-electron chi connectivity index (χ3n) is 5.34. The number of carbonyl (C=O) groups is 1. The molecule has 0 unspecified atom stereocenters. The van der Waals surface area contributed by atoms with Crippen LogP contribution < -0.4 is 5.73 Å². The minimum absolute atomic E-state index is 0.0421. The number of aromatic nitrogens is 2. The molecular formula is C23H23ClN4O. The van der Waals surface area contributed by atoms with Gasteiger partial charge in [0.1, 0.15) is 5.82 Å². The van der Waals surface area contributed by atoms with Crippen LogP contribution in [0.15, 0.2) is 60.9 Å². The number of carbonyl (C=O) groups excluding carboxylic acids is 1. The molecule has 1 aromatic carbocycles. The Hall–Kier alpha value is -2.92. The number of nitrogen functional groups attached to an aromatic ring is 1. The molecule has 2 aromatic heterocycles. The van der Waals surface area contributed by atoms with Gasteiger partial charge in [0.05, 0.1) is 11.7 Å². The molecule has 0 aliphatic carbocycles. The number of benzene rings is 1. The standard InChI is InChI=1S/C23H23ClN4O/c24-19-4-1-3-16(13-19)6-11-23(29)28-12-2-5-21(28)20-9-7-17(14-26-20)18-8-10-22(25)27-15-18/h1,3-4,7-10,13-15,21H,2,5-6,11-12H2,(H2,25,27)/t21-/m0/s1. The Kier molecular flexibility index (Phi) is 5.76. The lowest BCUT2D eigenvalue weighted by Gasteiger charge is -2.24. The maximum absolute atomic E-state index is 12.9. The van der Waals surface area contributed by atoms with E-state index < -0.39 is 0 Å². The van der Waals surface area contributed by atoms with Gasteiger partial charge in [0.25, 0.3) is 0 Å². The van der Waals surface area contributed by atoms with Crippen LogP contribution in [0.1, 0.15) is 36.6 Å². The van der Waals surface area contributed by atoms with E-state index in [0.717, 1.165) is 41.8 Å². The molecule has 3 heterocycles. The topological polar surface area (TPSA) is 72.1 Å². The van der Waals surface area contributed by atoms with Gasteiger partial charge in [-0.2, -0.15) is 0 Å². The van der Waals surface area contributed by atoms with E-state index in [0.29, 0.717) is 23.7 Å². The monoisotopic (exact) mass is 406 g/mol. The summed E-state index contributed by atoms with van der Waals surface area (Å²) in [5.41, 5.74) is 9.63. The maximum Gasteiger partial charge on any atom is 0.223 e. The highest BCUT2D eigenvalue weighted by Gasteiger charge is 2.30. The number of rotatable bonds is 5. The molecule has 1 fully saturated rings. The number of halogens is 1. The first-order valence-corrected chi connectivity index (χ1v) is 10.2. The van der Waals surface area contributed by atoms with Crippen LogP contribution in [0.3, 0.4) is 0 Å². The summed E-state index contributed by atoms with van der Waals surface area (Å²) in [6, 6.07) is 15.5. The zero-order valence-electron chi connectivity index (χ0n) is 16.1. The Morgan fingerprint density at radius 2 is 1.90 bits per heavy atom. The molecule has 1 aliphatic heterocycles. The van der Waals surface area contributed by atoms with E-state index in [-0.39, 0.29) is 11.9 Å².